The number of hydrogen-bond acceptors (Lipinski definition) is 7. The predicted molar refractivity (Wildman–Crippen MR) is 109 cm³/mol. The number of ether oxygens (including phenoxy) is 3. The average Bonchev–Trinajstić information content (AvgIpc) is 3.44. The number of rotatable bonds is 12. The molecular weight excluding hydrogens is 392 g/mol. The van der Waals surface area contributed by atoms with Gasteiger partial charge in [-0.25, -0.2) is 14.4 Å². The molecule has 2 N–H and O–H groups in total. The second-order valence-electron chi connectivity index (χ2n) is 7.86. The maximum Gasteiger partial charge on any atom is 0.348 e. The van der Waals surface area contributed by atoms with Crippen LogP contribution in [0.2, 0.25) is 0 Å². The molecule has 1 rings (SSSR count). The van der Waals surface area contributed by atoms with Crippen LogP contribution >= 0.6 is 0 Å². The predicted octanol–water partition coefficient (Wildman–Crippen LogP) is 2.42. The van der Waals surface area contributed by atoms with Gasteiger partial charge in [-0.15, -0.1) is 0 Å². The van der Waals surface area contributed by atoms with Crippen molar-refractivity contribution in [3.05, 3.63) is 36.5 Å². The van der Waals surface area contributed by atoms with Crippen LogP contribution in [0.5, 0.6) is 0 Å². The molecule has 5 unspecified atom stereocenters. The van der Waals surface area contributed by atoms with E-state index in [2.05, 4.69) is 0 Å². The number of carbonyl (C=O) groups is 3. The summed E-state index contributed by atoms with van der Waals surface area (Å²) in [4.78, 5) is 35.4. The van der Waals surface area contributed by atoms with E-state index >= 15 is 0 Å². The number of aliphatic hydroxyl groups is 1. The number of hydrogen-bond donors (Lipinski definition) is 2. The molecule has 0 bridgehead atoms. The molecule has 1 heterocycles. The first kappa shape index (κ1) is 25.6. The number of aliphatic carboxylic acids is 1. The highest BCUT2D eigenvalue weighted by molar-refractivity contribution is 5.82. The van der Waals surface area contributed by atoms with Crippen molar-refractivity contribution in [1.82, 2.24) is 0 Å². The molecule has 168 valence electrons. The van der Waals surface area contributed by atoms with Crippen molar-refractivity contribution in [2.75, 3.05) is 6.61 Å². The van der Waals surface area contributed by atoms with Crippen molar-refractivity contribution in [2.45, 2.75) is 65.0 Å². The van der Waals surface area contributed by atoms with Gasteiger partial charge in [-0.1, -0.05) is 52.0 Å². The van der Waals surface area contributed by atoms with Crippen molar-refractivity contribution < 1.29 is 38.8 Å². The fraction of sp³-hybridized carbons (Fsp3) is 0.591. The molecule has 0 radical (unpaired) electrons. The van der Waals surface area contributed by atoms with E-state index in [1.807, 2.05) is 6.92 Å². The summed E-state index contributed by atoms with van der Waals surface area (Å²) in [5.74, 6) is -3.28. The maximum atomic E-state index is 12.8. The molecule has 0 aromatic carbocycles. The van der Waals surface area contributed by atoms with Crippen LogP contribution in [0.1, 0.15) is 41.0 Å². The van der Waals surface area contributed by atoms with E-state index in [4.69, 9.17) is 19.3 Å². The van der Waals surface area contributed by atoms with Crippen LogP contribution < -0.4 is 0 Å². The Hall–Kier alpha value is -2.45. The summed E-state index contributed by atoms with van der Waals surface area (Å²) in [6.45, 7) is 9.16. The number of epoxide rings is 1. The zero-order chi connectivity index (χ0) is 22.9. The van der Waals surface area contributed by atoms with Crippen molar-refractivity contribution in [2.24, 2.45) is 11.8 Å². The van der Waals surface area contributed by atoms with E-state index in [0.29, 0.717) is 13.0 Å². The molecule has 0 aromatic rings. The minimum Gasteiger partial charge on any atom is -0.478 e. The molecule has 8 heteroatoms. The zero-order valence-corrected chi connectivity index (χ0v) is 18.1. The molecule has 0 saturated carbocycles. The van der Waals surface area contributed by atoms with Crippen LogP contribution in [0.15, 0.2) is 36.5 Å². The number of carboxylic acids is 1. The summed E-state index contributed by atoms with van der Waals surface area (Å²) in [6, 6.07) is 0. The fourth-order valence-electron chi connectivity index (χ4n) is 2.35. The Balaban J connectivity index is 2.88. The standard InChI is InChI=1S/C22H32O8/c1-6-15(4)19(30-20(26)18(25)14(2)3)21(27)29-16(22(5)13-28-22)11-9-7-8-10-12-17(23)24/h7-12,14-16,18-19,25H,6,13H2,1-5H3,(H,23,24)/b8-7+,11-9+,12-10+. The smallest absolute Gasteiger partial charge is 0.348 e. The molecule has 0 aromatic heterocycles. The second-order valence-corrected chi connectivity index (χ2v) is 7.86. The molecule has 8 nitrogen and oxygen atoms in total. The number of esters is 2. The van der Waals surface area contributed by atoms with Gasteiger partial charge in [-0.05, 0) is 25.3 Å². The Labute approximate surface area is 177 Å². The lowest BCUT2D eigenvalue weighted by Crippen LogP contribution is -2.42. The third-order valence-electron chi connectivity index (χ3n) is 4.81. The van der Waals surface area contributed by atoms with Gasteiger partial charge in [0.05, 0.1) is 6.61 Å². The highest BCUT2D eigenvalue weighted by Gasteiger charge is 2.49. The van der Waals surface area contributed by atoms with Crippen LogP contribution in [0, 0.1) is 11.8 Å². The van der Waals surface area contributed by atoms with Crippen LogP contribution in [0.4, 0.5) is 0 Å². The molecular formula is C22H32O8. The summed E-state index contributed by atoms with van der Waals surface area (Å²) >= 11 is 0. The van der Waals surface area contributed by atoms with Gasteiger partial charge >= 0.3 is 17.9 Å². The summed E-state index contributed by atoms with van der Waals surface area (Å²) in [7, 11) is 0. The van der Waals surface area contributed by atoms with E-state index in [1.165, 1.54) is 12.2 Å². The Morgan fingerprint density at radius 1 is 1.07 bits per heavy atom. The van der Waals surface area contributed by atoms with Gasteiger partial charge in [0.1, 0.15) is 5.60 Å². The van der Waals surface area contributed by atoms with Gasteiger partial charge < -0.3 is 24.4 Å². The summed E-state index contributed by atoms with van der Waals surface area (Å²) in [5, 5.41) is 18.5. The van der Waals surface area contributed by atoms with Crippen LogP contribution in [0.25, 0.3) is 0 Å². The molecule has 1 aliphatic heterocycles. The quantitative estimate of drug-likeness (QED) is 0.212. The van der Waals surface area contributed by atoms with Crippen molar-refractivity contribution in [3.63, 3.8) is 0 Å². The molecule has 1 saturated heterocycles. The molecule has 0 spiro atoms. The fourth-order valence-corrected chi connectivity index (χ4v) is 2.35. The number of aliphatic hydroxyl groups excluding tert-OH is 1. The minimum absolute atomic E-state index is 0.306. The molecule has 1 aliphatic rings. The zero-order valence-electron chi connectivity index (χ0n) is 18.1. The van der Waals surface area contributed by atoms with Crippen LogP contribution in [-0.4, -0.2) is 58.6 Å². The van der Waals surface area contributed by atoms with Crippen LogP contribution in [0.3, 0.4) is 0 Å². The first-order chi connectivity index (χ1) is 14.0. The topological polar surface area (TPSA) is 123 Å². The van der Waals surface area contributed by atoms with Crippen molar-refractivity contribution in [1.29, 1.82) is 0 Å². The van der Waals surface area contributed by atoms with E-state index in [1.54, 1.807) is 45.9 Å². The Bertz CT molecular complexity index is 687. The van der Waals surface area contributed by atoms with Gasteiger partial charge in [-0.2, -0.15) is 0 Å². The van der Waals surface area contributed by atoms with Gasteiger partial charge in [0.15, 0.2) is 12.2 Å². The second kappa shape index (κ2) is 11.7. The first-order valence-corrected chi connectivity index (χ1v) is 9.99. The van der Waals surface area contributed by atoms with E-state index < -0.39 is 41.8 Å². The normalized spacial score (nSPS) is 22.9. The monoisotopic (exact) mass is 424 g/mol. The van der Waals surface area contributed by atoms with Gasteiger partial charge in [0.25, 0.3) is 0 Å². The van der Waals surface area contributed by atoms with Crippen molar-refractivity contribution in [3.8, 4) is 0 Å². The number of allylic oxidation sites excluding steroid dienone is 4. The molecule has 0 amide bonds. The molecule has 1 fully saturated rings. The lowest BCUT2D eigenvalue weighted by Gasteiger charge is -2.26. The first-order valence-electron chi connectivity index (χ1n) is 9.99. The van der Waals surface area contributed by atoms with E-state index in [9.17, 15) is 19.5 Å². The van der Waals surface area contributed by atoms with Crippen molar-refractivity contribution >= 4 is 17.9 Å². The molecule has 30 heavy (non-hydrogen) atoms. The lowest BCUT2D eigenvalue weighted by molar-refractivity contribution is -0.181. The highest BCUT2D eigenvalue weighted by Crippen LogP contribution is 2.33. The van der Waals surface area contributed by atoms with Gasteiger partial charge in [0, 0.05) is 12.0 Å². The molecule has 5 atom stereocenters. The van der Waals surface area contributed by atoms with Gasteiger partial charge in [-0.3, -0.25) is 0 Å². The van der Waals surface area contributed by atoms with Crippen LogP contribution in [-0.2, 0) is 28.6 Å². The molecule has 0 aliphatic carbocycles. The Kier molecular flexibility index (Phi) is 9.95. The maximum absolute atomic E-state index is 12.8. The van der Waals surface area contributed by atoms with E-state index in [-0.39, 0.29) is 11.8 Å². The SMILES string of the molecule is CCC(C)C(OC(=O)C(O)C(C)C)C(=O)OC(/C=C/C=C/C=C/C(=O)O)C1(C)CO1. The Morgan fingerprint density at radius 2 is 1.67 bits per heavy atom. The largest absolute Gasteiger partial charge is 0.478 e. The lowest BCUT2D eigenvalue weighted by atomic mass is 10.0. The number of carboxylic acid groups (broad SMARTS) is 1. The summed E-state index contributed by atoms with van der Waals surface area (Å²) in [6.07, 6.45) is 6.07. The summed E-state index contributed by atoms with van der Waals surface area (Å²) < 4.78 is 16.3. The number of carbonyl (C=O) groups excluding carboxylic acids is 2. The third kappa shape index (κ3) is 8.12. The van der Waals surface area contributed by atoms with Gasteiger partial charge in [0.2, 0.25) is 6.10 Å². The third-order valence-corrected chi connectivity index (χ3v) is 4.81. The Morgan fingerprint density at radius 3 is 2.17 bits per heavy atom. The van der Waals surface area contributed by atoms with E-state index in [0.717, 1.165) is 6.08 Å². The minimum atomic E-state index is -1.33. The highest BCUT2D eigenvalue weighted by atomic mass is 16.6. The summed E-state index contributed by atoms with van der Waals surface area (Å²) in [5.41, 5.74) is -0.682. The average molecular weight is 424 g/mol.